The summed E-state index contributed by atoms with van der Waals surface area (Å²) in [4.78, 5) is 155. The highest BCUT2D eigenvalue weighted by atomic mass is 16.5. The van der Waals surface area contributed by atoms with Crippen molar-refractivity contribution in [3.05, 3.63) is 90.0 Å². The number of methoxy groups -OCH3 is 2. The summed E-state index contributed by atoms with van der Waals surface area (Å²) in [6, 6.07) is 12.8. The zero-order valence-electron chi connectivity index (χ0n) is 60.1. The van der Waals surface area contributed by atoms with E-state index in [4.69, 9.17) is 19.9 Å². The summed E-state index contributed by atoms with van der Waals surface area (Å²) in [5, 5.41) is 31.3. The number of unbranched alkanes of at least 4 members (excludes halogenated alkanes) is 2. The molecule has 2 heterocycles. The summed E-state index contributed by atoms with van der Waals surface area (Å²) in [5.74, 6) is -5.60. The number of carbonyl (C=O) groups is 11. The Kier molecular flexibility index (Phi) is 32.2. The van der Waals surface area contributed by atoms with Crippen LogP contribution in [0.5, 0.6) is 0 Å². The first-order valence-electron chi connectivity index (χ1n) is 34.4. The topological polar surface area (TPSA) is 359 Å². The van der Waals surface area contributed by atoms with E-state index in [1.165, 1.54) is 31.3 Å². The van der Waals surface area contributed by atoms with Crippen molar-refractivity contribution in [1.82, 2.24) is 51.5 Å². The molecule has 2 aliphatic rings. The number of hydrogen-bond acceptors (Lipinski definition) is 16. The van der Waals surface area contributed by atoms with Gasteiger partial charge in [0.1, 0.15) is 31.0 Å². The summed E-state index contributed by atoms with van der Waals surface area (Å²) < 4.78 is 17.9. The molecular formula is C72H108N12O15. The molecule has 3 unspecified atom stereocenters. The Labute approximate surface area is 582 Å². The summed E-state index contributed by atoms with van der Waals surface area (Å²) >= 11 is 0. The molecule has 0 radical (unpaired) electrons. The molecule has 1 saturated heterocycles. The molecule has 3 aromatic rings. The molecule has 12 atom stereocenters. The van der Waals surface area contributed by atoms with Crippen molar-refractivity contribution in [2.45, 2.75) is 187 Å². The third kappa shape index (κ3) is 23.8. The van der Waals surface area contributed by atoms with E-state index in [-0.39, 0.29) is 111 Å². The van der Waals surface area contributed by atoms with Gasteiger partial charge in [-0.05, 0) is 110 Å². The third-order valence-corrected chi connectivity index (χ3v) is 18.6. The van der Waals surface area contributed by atoms with Crippen molar-refractivity contribution in [3.8, 4) is 0 Å². The van der Waals surface area contributed by atoms with Crippen LogP contribution in [0.4, 0.5) is 15.3 Å². The molecule has 0 bridgehead atoms. The van der Waals surface area contributed by atoms with E-state index in [0.29, 0.717) is 49.0 Å². The van der Waals surface area contributed by atoms with Gasteiger partial charge in [0.15, 0.2) is 5.78 Å². The Morgan fingerprint density at radius 1 is 0.737 bits per heavy atom. The first-order valence-corrected chi connectivity index (χ1v) is 34.4. The summed E-state index contributed by atoms with van der Waals surface area (Å²) in [6.07, 6.45) is 1.60. The second-order valence-electron chi connectivity index (χ2n) is 27.2. The highest BCUT2D eigenvalue weighted by Gasteiger charge is 2.46. The molecule has 27 heteroatoms. The maximum atomic E-state index is 15.1. The highest BCUT2D eigenvalue weighted by Crippen LogP contribution is 2.31. The van der Waals surface area contributed by atoms with Gasteiger partial charge in [-0.25, -0.2) is 9.59 Å². The maximum Gasteiger partial charge on any atom is 0.407 e. The van der Waals surface area contributed by atoms with Gasteiger partial charge in [0.25, 0.3) is 0 Å². The number of urea groups is 1. The Morgan fingerprint density at radius 2 is 1.41 bits per heavy atom. The Bertz CT molecular complexity index is 3260. The van der Waals surface area contributed by atoms with Crippen LogP contribution in [0.3, 0.4) is 0 Å². The van der Waals surface area contributed by atoms with Crippen molar-refractivity contribution in [2.75, 3.05) is 66.9 Å². The van der Waals surface area contributed by atoms with Gasteiger partial charge in [0, 0.05) is 64.6 Å². The second-order valence-corrected chi connectivity index (χ2v) is 27.2. The minimum Gasteiger partial charge on any atom is -0.445 e. The average molecular weight is 1380 g/mol. The highest BCUT2D eigenvalue weighted by molar-refractivity contribution is 6.03. The van der Waals surface area contributed by atoms with E-state index < -0.39 is 102 Å². The van der Waals surface area contributed by atoms with Crippen LogP contribution < -0.4 is 43.0 Å². The van der Waals surface area contributed by atoms with E-state index in [2.05, 4.69) is 37.2 Å². The number of hydrogen-bond donors (Lipinski definition) is 9. The van der Waals surface area contributed by atoms with Gasteiger partial charge in [0.05, 0.1) is 55.3 Å². The van der Waals surface area contributed by atoms with Crippen LogP contribution >= 0.6 is 0 Å². The van der Waals surface area contributed by atoms with Crippen LogP contribution in [-0.2, 0) is 59.2 Å². The summed E-state index contributed by atoms with van der Waals surface area (Å²) in [7, 11) is 8.17. The normalized spacial score (nSPS) is 18.0. The number of nitrogens with two attached hydrogens (primary N) is 1. The van der Waals surface area contributed by atoms with Crippen LogP contribution in [-0.4, -0.2) is 212 Å². The number of nitrogens with zero attached hydrogens (tertiary/aromatic N) is 4. The van der Waals surface area contributed by atoms with Crippen LogP contribution in [0.25, 0.3) is 10.8 Å². The lowest BCUT2D eigenvalue weighted by molar-refractivity contribution is -0.148. The molecule has 0 saturated carbocycles. The van der Waals surface area contributed by atoms with Crippen molar-refractivity contribution in [2.24, 2.45) is 35.3 Å². The van der Waals surface area contributed by atoms with E-state index in [0.717, 1.165) is 10.8 Å². The fraction of sp³-hybridized carbons (Fsp3) is 0.597. The molecule has 546 valence electrons. The quantitative estimate of drug-likeness (QED) is 0.0269. The van der Waals surface area contributed by atoms with Crippen molar-refractivity contribution in [1.29, 1.82) is 0 Å². The molecular weight excluding hydrogens is 1270 g/mol. The molecule has 27 nitrogen and oxygen atoms in total. The first-order chi connectivity index (χ1) is 46.9. The van der Waals surface area contributed by atoms with Crippen LogP contribution in [0.15, 0.2) is 78.9 Å². The molecule has 0 spiro atoms. The monoisotopic (exact) mass is 1380 g/mol. The van der Waals surface area contributed by atoms with E-state index in [1.54, 1.807) is 74.0 Å². The minimum absolute atomic E-state index is 0.0439. The van der Waals surface area contributed by atoms with Gasteiger partial charge in [-0.15, -0.1) is 0 Å². The molecule has 0 aromatic heterocycles. The lowest BCUT2D eigenvalue weighted by Crippen LogP contribution is -2.59. The number of alkyl carbamates (subject to hydrolysis) is 1. The molecule has 10 N–H and O–H groups in total. The first kappa shape index (κ1) is 81.1. The van der Waals surface area contributed by atoms with E-state index >= 15 is 4.79 Å². The van der Waals surface area contributed by atoms with E-state index in [9.17, 15) is 53.1 Å². The Morgan fingerprint density at radius 3 is 2.01 bits per heavy atom. The predicted molar refractivity (Wildman–Crippen MR) is 375 cm³/mol. The number of likely N-dealkylation sites (N-methyl/N-ethyl adjacent to an activating group) is 2. The van der Waals surface area contributed by atoms with Crippen LogP contribution in [0, 0.1) is 29.6 Å². The van der Waals surface area contributed by atoms with Crippen LogP contribution in [0.2, 0.25) is 0 Å². The lowest BCUT2D eigenvalue weighted by atomic mass is 9.89. The van der Waals surface area contributed by atoms with Gasteiger partial charge in [0.2, 0.25) is 47.3 Å². The zero-order valence-corrected chi connectivity index (χ0v) is 60.1. The Hall–Kier alpha value is -8.53. The Balaban J connectivity index is 1.29. The number of primary amides is 1. The lowest BCUT2D eigenvalue weighted by Gasteiger charge is -2.41. The number of carbonyl (C=O) groups excluding carboxylic acids is 11. The molecule has 5 rings (SSSR count). The van der Waals surface area contributed by atoms with E-state index in [1.807, 2.05) is 90.9 Å². The van der Waals surface area contributed by atoms with Gasteiger partial charge < -0.3 is 77.0 Å². The average Bonchev–Trinajstić information content (AvgIpc) is 1.71. The number of anilines is 1. The number of nitrogens with one attached hydrogen (secondary N) is 7. The fourth-order valence-electron chi connectivity index (χ4n) is 12.9. The molecule has 3 aromatic carbocycles. The van der Waals surface area contributed by atoms with Gasteiger partial charge in [-0.1, -0.05) is 124 Å². The number of likely N-dealkylation sites (tertiary alicyclic amines) is 1. The number of fused-ring (bicyclic) bond motifs is 1. The number of ether oxygens (including phenoxy) is 3. The van der Waals surface area contributed by atoms with Crippen molar-refractivity contribution < 1.29 is 72.1 Å². The summed E-state index contributed by atoms with van der Waals surface area (Å²) in [6.45, 7) is 16.5. The molecule has 99 heavy (non-hydrogen) atoms. The van der Waals surface area contributed by atoms with Gasteiger partial charge >= 0.3 is 12.1 Å². The van der Waals surface area contributed by atoms with Crippen molar-refractivity contribution in [3.63, 3.8) is 0 Å². The third-order valence-electron chi connectivity index (χ3n) is 18.6. The number of benzene rings is 3. The number of rotatable bonds is 39. The van der Waals surface area contributed by atoms with Gasteiger partial charge in [-0.3, -0.25) is 48.1 Å². The van der Waals surface area contributed by atoms with Gasteiger partial charge in [-0.2, -0.15) is 0 Å². The predicted octanol–water partition coefficient (Wildman–Crippen LogP) is 4.98. The smallest absolute Gasteiger partial charge is 0.407 e. The SMILES string of the molecule is CC[C@H](C)C([C@@H](CC(=O)N1C[C@@H](NC(=O)OCc2ccc(NC(=O)C(CCCNC(N)=O)NC(=O)[C@@H](NC(=O)CCCCCN3C(=O)C=CC3O)C(C)C)cc2)C[C@H]1[C@H](OC)[C@@H](C)C(=O)NCC(=O)c1ccc2ccccc2c1)OC)N(C)C(=O)[C@@H](NC(=O)[C@H](C(C)C)N(C)C)C(C)C. The number of ketones is 1. The van der Waals surface area contributed by atoms with Crippen LogP contribution in [0.1, 0.15) is 136 Å². The largest absolute Gasteiger partial charge is 0.445 e. The molecule has 0 aliphatic carbocycles. The fourth-order valence-corrected chi connectivity index (χ4v) is 12.9. The second kappa shape index (κ2) is 39.3. The zero-order chi connectivity index (χ0) is 73.4. The number of Topliss-reactive ketones (excluding diaryl/α,β-unsaturated/α-hetero) is 1. The van der Waals surface area contributed by atoms with Crippen molar-refractivity contribution >= 4 is 81.6 Å². The number of aliphatic hydroxyl groups excluding tert-OH is 1. The maximum absolute atomic E-state index is 15.1. The molecule has 1 fully saturated rings. The summed E-state index contributed by atoms with van der Waals surface area (Å²) in [5.41, 5.74) is 6.54. The number of amides is 11. The molecule has 11 amide bonds. The molecule has 2 aliphatic heterocycles. The number of aliphatic hydroxyl groups is 1. The minimum atomic E-state index is -1.12. The standard InChI is InChI=1S/C72H108N12O15/c1-15-45(8)64(82(12)70(94)62(43(4)5)80-69(93)63(44(6)7)81(10)11)56(97-13)38-60(89)84-40-52(37-54(84)65(98-14)46(9)66(90)75-39-55(85)50-29-28-48-22-18-19-23-49(48)36-50)77-72(96)99-41-47-26-30-51(31-27-47)76-67(91)53(24-21-34-74-71(73)95)78-68(92)61(42(2)3)79-57(86)25-17-16-20-35-83-58(87)32-33-59(83)88/h18-19,22-23,26-33,36,42-46,52-54,56,58,61-65,87H,15-17,20-21,24-25,34-35,37-41H2,1-14H3,(H,75,90)(H,76,91)(H,77,96)(H,78,92)(H,79,86)(H,80,93)(H3,73,74,95)/t45-,46+,52-,53?,54-,56+,58?,61-,62-,63-,64?,65+/m0/s1.